The Kier molecular flexibility index (Phi) is 6.54. The largest absolute Gasteiger partial charge is 0.456 e. The van der Waals surface area contributed by atoms with Crippen molar-refractivity contribution in [1.82, 2.24) is 0 Å². The van der Waals surface area contributed by atoms with Crippen molar-refractivity contribution >= 4 is 76.2 Å². The highest BCUT2D eigenvalue weighted by Gasteiger charge is 2.37. The van der Waals surface area contributed by atoms with E-state index in [-0.39, 0.29) is 5.41 Å². The average Bonchev–Trinajstić information content (AvgIpc) is 3.92. The Balaban J connectivity index is 0.993. The van der Waals surface area contributed by atoms with E-state index in [0.29, 0.717) is 0 Å². The van der Waals surface area contributed by atoms with Crippen LogP contribution in [0.3, 0.4) is 0 Å². The summed E-state index contributed by atoms with van der Waals surface area (Å²) in [5.74, 6) is 0. The lowest BCUT2D eigenvalue weighted by Gasteiger charge is -2.23. The minimum Gasteiger partial charge on any atom is -0.456 e. The van der Waals surface area contributed by atoms with Gasteiger partial charge in [-0.1, -0.05) is 159 Å². The van der Waals surface area contributed by atoms with E-state index in [1.54, 1.807) is 0 Å². The lowest BCUT2D eigenvalue weighted by molar-refractivity contribution is 0.666. The predicted octanol–water partition coefficient (Wildman–Crippen LogP) is 16.3. The molecule has 0 radical (unpaired) electrons. The topological polar surface area (TPSA) is 26.3 Å². The second-order valence-electron chi connectivity index (χ2n) is 16.7. The van der Waals surface area contributed by atoms with Crippen molar-refractivity contribution < 1.29 is 8.83 Å². The summed E-state index contributed by atoms with van der Waals surface area (Å²) in [6.07, 6.45) is 0. The molecule has 0 unspecified atom stereocenters. The summed E-state index contributed by atoms with van der Waals surface area (Å²) in [6.45, 7) is 4.73. The van der Waals surface area contributed by atoms with Crippen molar-refractivity contribution in [2.24, 2.45) is 0 Å². The summed E-state index contributed by atoms with van der Waals surface area (Å²) in [4.78, 5) is 0. The zero-order chi connectivity index (χ0) is 39.0. The van der Waals surface area contributed by atoms with E-state index in [0.717, 1.165) is 55.0 Å². The number of benzene rings is 10. The fourth-order valence-corrected chi connectivity index (χ4v) is 10.6. The molecule has 0 spiro atoms. The Morgan fingerprint density at radius 1 is 0.339 bits per heavy atom. The highest BCUT2D eigenvalue weighted by Crippen LogP contribution is 2.53. The van der Waals surface area contributed by atoms with Gasteiger partial charge in [-0.25, -0.2) is 0 Å². The molecule has 0 saturated carbocycles. The maximum Gasteiger partial charge on any atom is 0.143 e. The molecule has 0 bridgehead atoms. The Morgan fingerprint density at radius 3 is 1.64 bits per heavy atom. The van der Waals surface area contributed by atoms with Crippen molar-refractivity contribution in [3.63, 3.8) is 0 Å². The molecule has 0 atom stereocenters. The number of para-hydroxylation sites is 2. The third-order valence-electron chi connectivity index (χ3n) is 13.2. The molecule has 2 nitrogen and oxygen atoms in total. The molecule has 1 aliphatic carbocycles. The molecule has 0 N–H and O–H groups in total. The number of fused-ring (bicyclic) bond motifs is 13. The van der Waals surface area contributed by atoms with Gasteiger partial charge in [0.2, 0.25) is 0 Å². The van der Waals surface area contributed by atoms with Crippen LogP contribution in [0.2, 0.25) is 0 Å². The maximum atomic E-state index is 6.62. The van der Waals surface area contributed by atoms with Crippen LogP contribution >= 0.6 is 0 Å². The molecule has 59 heavy (non-hydrogen) atoms. The molecular formula is C57H36O2. The van der Waals surface area contributed by atoms with E-state index >= 15 is 0 Å². The van der Waals surface area contributed by atoms with Gasteiger partial charge in [0.1, 0.15) is 22.3 Å². The second-order valence-corrected chi connectivity index (χ2v) is 16.7. The van der Waals surface area contributed by atoms with Gasteiger partial charge in [-0.15, -0.1) is 0 Å². The molecule has 0 amide bonds. The first-order valence-corrected chi connectivity index (χ1v) is 20.5. The minimum atomic E-state index is -0.0848. The van der Waals surface area contributed by atoms with Crippen molar-refractivity contribution in [3.8, 4) is 44.5 Å². The third-order valence-corrected chi connectivity index (χ3v) is 13.2. The fraction of sp³-hybridized carbons (Fsp3) is 0.0526. The highest BCUT2D eigenvalue weighted by atomic mass is 16.3. The summed E-state index contributed by atoms with van der Waals surface area (Å²) < 4.78 is 13.2. The predicted molar refractivity (Wildman–Crippen MR) is 247 cm³/mol. The number of hydrogen-bond donors (Lipinski definition) is 0. The van der Waals surface area contributed by atoms with Gasteiger partial charge in [-0.2, -0.15) is 0 Å². The van der Waals surface area contributed by atoms with Crippen LogP contribution < -0.4 is 0 Å². The Labute approximate surface area is 340 Å². The van der Waals surface area contributed by atoms with Crippen molar-refractivity contribution in [2.45, 2.75) is 19.3 Å². The average molecular weight is 753 g/mol. The standard InChI is InChI=1S/C57H36O2/c1-57(2)49-27-23-34(30-46(49)43-26-22-33-12-3-4-13-37(33)55(43)57)35-24-28-51-47(31-35)48-32-36(25-29-52(48)58-51)53-39-15-5-7-17-41(39)54(42-18-8-6-16-40(42)53)45-20-11-19-44-38-14-9-10-21-50(38)59-56(44)45/h3-32H,1-2H3. The van der Waals surface area contributed by atoms with Crippen LogP contribution in [-0.2, 0) is 5.41 Å². The summed E-state index contributed by atoms with van der Waals surface area (Å²) in [6, 6.07) is 66.4. The van der Waals surface area contributed by atoms with Crippen molar-refractivity contribution in [1.29, 1.82) is 0 Å². The number of rotatable bonds is 3. The highest BCUT2D eigenvalue weighted by molar-refractivity contribution is 6.25. The molecule has 13 rings (SSSR count). The van der Waals surface area contributed by atoms with E-state index in [4.69, 9.17) is 8.83 Å². The van der Waals surface area contributed by atoms with E-state index < -0.39 is 0 Å². The Morgan fingerprint density at radius 2 is 0.898 bits per heavy atom. The lowest BCUT2D eigenvalue weighted by Crippen LogP contribution is -2.15. The smallest absolute Gasteiger partial charge is 0.143 e. The van der Waals surface area contributed by atoms with Crippen LogP contribution in [-0.4, -0.2) is 0 Å². The SMILES string of the molecule is CC1(C)c2ccc(-c3ccc4oc5ccc(-c6c7ccccc7c(-c7cccc8c7oc7ccccc78)c7ccccc67)cc5c4c3)cc2-c2ccc3ccccc3c21. The van der Waals surface area contributed by atoms with Gasteiger partial charge in [-0.05, 0) is 113 Å². The third kappa shape index (κ3) is 4.52. The first-order valence-electron chi connectivity index (χ1n) is 20.5. The first-order chi connectivity index (χ1) is 29.0. The molecule has 12 aromatic rings. The number of furan rings is 2. The van der Waals surface area contributed by atoms with Gasteiger partial charge in [0, 0.05) is 38.1 Å². The molecule has 0 aliphatic heterocycles. The first kappa shape index (κ1) is 32.6. The van der Waals surface area contributed by atoms with Crippen LogP contribution in [0.15, 0.2) is 191 Å². The maximum absolute atomic E-state index is 6.62. The van der Waals surface area contributed by atoms with Crippen LogP contribution in [0.5, 0.6) is 0 Å². The number of hydrogen-bond acceptors (Lipinski definition) is 2. The molecular weight excluding hydrogens is 717 g/mol. The lowest BCUT2D eigenvalue weighted by atomic mass is 9.80. The van der Waals surface area contributed by atoms with Gasteiger partial charge < -0.3 is 8.83 Å². The monoisotopic (exact) mass is 752 g/mol. The minimum absolute atomic E-state index is 0.0848. The summed E-state index contributed by atoms with van der Waals surface area (Å²) in [7, 11) is 0. The molecule has 0 fully saturated rings. The van der Waals surface area contributed by atoms with E-state index in [9.17, 15) is 0 Å². The molecule has 1 aliphatic rings. The van der Waals surface area contributed by atoms with E-state index in [1.807, 2.05) is 6.07 Å². The quantitative estimate of drug-likeness (QED) is 0.168. The van der Waals surface area contributed by atoms with Gasteiger partial charge in [0.05, 0.1) is 0 Å². The molecule has 2 heteroatoms. The Hall–Kier alpha value is -7.42. The second kappa shape index (κ2) is 11.8. The van der Waals surface area contributed by atoms with Gasteiger partial charge >= 0.3 is 0 Å². The van der Waals surface area contributed by atoms with Gasteiger partial charge in [0.25, 0.3) is 0 Å². The van der Waals surface area contributed by atoms with E-state index in [1.165, 1.54) is 76.8 Å². The van der Waals surface area contributed by atoms with Crippen LogP contribution in [0, 0.1) is 0 Å². The molecule has 2 heterocycles. The van der Waals surface area contributed by atoms with Crippen molar-refractivity contribution in [3.05, 3.63) is 193 Å². The summed E-state index contributed by atoms with van der Waals surface area (Å²) in [5, 5.41) is 11.9. The molecule has 276 valence electrons. The fourth-order valence-electron chi connectivity index (χ4n) is 10.6. The summed E-state index contributed by atoms with van der Waals surface area (Å²) >= 11 is 0. The van der Waals surface area contributed by atoms with Crippen LogP contribution in [0.1, 0.15) is 25.0 Å². The normalized spacial score (nSPS) is 13.4. The molecule has 10 aromatic carbocycles. The zero-order valence-electron chi connectivity index (χ0n) is 32.6. The van der Waals surface area contributed by atoms with Crippen LogP contribution in [0.4, 0.5) is 0 Å². The van der Waals surface area contributed by atoms with Crippen LogP contribution in [0.25, 0.3) is 121 Å². The van der Waals surface area contributed by atoms with E-state index in [2.05, 4.69) is 190 Å². The Bertz CT molecular complexity index is 3700. The molecule has 0 saturated heterocycles. The van der Waals surface area contributed by atoms with Gasteiger partial charge in [0.15, 0.2) is 0 Å². The van der Waals surface area contributed by atoms with Crippen molar-refractivity contribution in [2.75, 3.05) is 0 Å². The zero-order valence-corrected chi connectivity index (χ0v) is 32.6. The molecule has 2 aromatic heterocycles. The van der Waals surface area contributed by atoms with Gasteiger partial charge in [-0.3, -0.25) is 0 Å². The summed E-state index contributed by atoms with van der Waals surface area (Å²) in [5.41, 5.74) is 16.1.